The highest BCUT2D eigenvalue weighted by Gasteiger charge is 2.34. The zero-order chi connectivity index (χ0) is 20.1. The first kappa shape index (κ1) is 19.2. The minimum atomic E-state index is -0.702. The van der Waals surface area contributed by atoms with E-state index in [1.165, 1.54) is 9.80 Å². The van der Waals surface area contributed by atoms with E-state index in [2.05, 4.69) is 5.32 Å². The number of carbonyl (C=O) groups excluding carboxylic acids is 3. The van der Waals surface area contributed by atoms with Gasteiger partial charge in [-0.15, -0.1) is 0 Å². The van der Waals surface area contributed by atoms with Crippen LogP contribution in [0.2, 0.25) is 0 Å². The van der Waals surface area contributed by atoms with E-state index < -0.39 is 11.8 Å². The van der Waals surface area contributed by atoms with Crippen molar-refractivity contribution < 1.29 is 23.9 Å². The van der Waals surface area contributed by atoms with E-state index in [0.717, 1.165) is 0 Å². The number of amides is 3. The van der Waals surface area contributed by atoms with E-state index in [-0.39, 0.29) is 19.0 Å². The molecule has 0 saturated carbocycles. The zero-order valence-electron chi connectivity index (χ0n) is 15.7. The van der Waals surface area contributed by atoms with Crippen LogP contribution >= 0.6 is 0 Å². The van der Waals surface area contributed by atoms with E-state index in [1.54, 1.807) is 62.8 Å². The van der Waals surface area contributed by atoms with Crippen LogP contribution in [-0.2, 0) is 14.4 Å². The van der Waals surface area contributed by atoms with Gasteiger partial charge in [0.25, 0.3) is 0 Å². The molecule has 0 atom stereocenters. The number of hydrogen-bond acceptors (Lipinski definition) is 5. The van der Waals surface area contributed by atoms with Crippen LogP contribution in [0.4, 0.5) is 11.4 Å². The van der Waals surface area contributed by atoms with E-state index in [0.29, 0.717) is 29.4 Å². The van der Waals surface area contributed by atoms with Crippen molar-refractivity contribution in [1.29, 1.82) is 0 Å². The number of anilines is 2. The summed E-state index contributed by atoms with van der Waals surface area (Å²) in [6.07, 6.45) is 0. The molecule has 1 N–H and O–H groups in total. The number of hydrogen-bond donors (Lipinski definition) is 1. The highest BCUT2D eigenvalue weighted by molar-refractivity contribution is 6.41. The summed E-state index contributed by atoms with van der Waals surface area (Å²) in [5.41, 5.74) is 1.20. The van der Waals surface area contributed by atoms with Gasteiger partial charge in [0.15, 0.2) is 0 Å². The quantitative estimate of drug-likeness (QED) is 0.764. The van der Waals surface area contributed by atoms with Crippen LogP contribution in [0.1, 0.15) is 0 Å². The number of ether oxygens (including phenoxy) is 2. The summed E-state index contributed by atoms with van der Waals surface area (Å²) in [6.45, 7) is 0.395. The number of nitrogens with one attached hydrogen (secondary N) is 1. The van der Waals surface area contributed by atoms with Crippen LogP contribution in [-0.4, -0.2) is 56.5 Å². The average Bonchev–Trinajstić information content (AvgIpc) is 2.72. The second kappa shape index (κ2) is 8.43. The van der Waals surface area contributed by atoms with Crippen molar-refractivity contribution in [2.75, 3.05) is 44.1 Å². The summed E-state index contributed by atoms with van der Waals surface area (Å²) in [5.74, 6) is -0.394. The van der Waals surface area contributed by atoms with Crippen molar-refractivity contribution in [2.45, 2.75) is 0 Å². The lowest BCUT2D eigenvalue weighted by atomic mass is 10.2. The number of piperazine rings is 1. The maximum absolute atomic E-state index is 12.5. The van der Waals surface area contributed by atoms with Crippen LogP contribution in [0.25, 0.3) is 0 Å². The Labute approximate surface area is 162 Å². The molecule has 2 aromatic rings. The first-order chi connectivity index (χ1) is 13.5. The molecule has 0 aliphatic carbocycles. The molecule has 3 rings (SSSR count). The first-order valence-electron chi connectivity index (χ1n) is 8.70. The molecule has 28 heavy (non-hydrogen) atoms. The van der Waals surface area contributed by atoms with E-state index in [9.17, 15) is 14.4 Å². The lowest BCUT2D eigenvalue weighted by Gasteiger charge is -2.33. The minimum Gasteiger partial charge on any atom is -0.497 e. The van der Waals surface area contributed by atoms with Gasteiger partial charge in [0.1, 0.15) is 18.0 Å². The van der Waals surface area contributed by atoms with Gasteiger partial charge >= 0.3 is 11.8 Å². The third kappa shape index (κ3) is 4.22. The van der Waals surface area contributed by atoms with E-state index in [4.69, 9.17) is 9.47 Å². The summed E-state index contributed by atoms with van der Waals surface area (Å²) in [6, 6.07) is 13.7. The molecule has 1 aliphatic heterocycles. The van der Waals surface area contributed by atoms with Gasteiger partial charge in [0.05, 0.1) is 14.2 Å². The molecule has 0 aromatic heterocycles. The third-order valence-electron chi connectivity index (χ3n) is 4.40. The van der Waals surface area contributed by atoms with Crippen molar-refractivity contribution in [3.05, 3.63) is 48.5 Å². The Morgan fingerprint density at radius 3 is 2.04 bits per heavy atom. The average molecular weight is 383 g/mol. The number of methoxy groups -OCH3 is 2. The summed E-state index contributed by atoms with van der Waals surface area (Å²) < 4.78 is 10.2. The van der Waals surface area contributed by atoms with Gasteiger partial charge < -0.3 is 24.6 Å². The van der Waals surface area contributed by atoms with E-state index >= 15 is 0 Å². The molecule has 3 amide bonds. The van der Waals surface area contributed by atoms with Crippen molar-refractivity contribution in [3.8, 4) is 11.5 Å². The molecule has 0 bridgehead atoms. The van der Waals surface area contributed by atoms with Crippen molar-refractivity contribution in [1.82, 2.24) is 4.90 Å². The number of nitrogens with zero attached hydrogens (tertiary/aromatic N) is 2. The molecule has 1 fully saturated rings. The van der Waals surface area contributed by atoms with Gasteiger partial charge in [-0.3, -0.25) is 14.4 Å². The monoisotopic (exact) mass is 383 g/mol. The fraction of sp³-hybridized carbons (Fsp3) is 0.250. The standard InChI is InChI=1S/C20H21N3O5/c1-27-16-7-3-14(4-8-16)21-18(24)13-22-11-12-23(20(26)19(22)25)15-5-9-17(28-2)10-6-15/h3-10H,11-13H2,1-2H3,(H,21,24). The minimum absolute atomic E-state index is 0.187. The first-order valence-corrected chi connectivity index (χ1v) is 8.70. The molecule has 0 spiro atoms. The van der Waals surface area contributed by atoms with Crippen LogP contribution < -0.4 is 19.7 Å². The predicted molar refractivity (Wildman–Crippen MR) is 104 cm³/mol. The van der Waals surface area contributed by atoms with Gasteiger partial charge in [0.2, 0.25) is 5.91 Å². The number of rotatable bonds is 6. The maximum Gasteiger partial charge on any atom is 0.316 e. The van der Waals surface area contributed by atoms with E-state index in [1.807, 2.05) is 0 Å². The summed E-state index contributed by atoms with van der Waals surface area (Å²) in [7, 11) is 3.11. The largest absolute Gasteiger partial charge is 0.497 e. The SMILES string of the molecule is COc1ccc(NC(=O)CN2CCN(c3ccc(OC)cc3)C(=O)C2=O)cc1. The van der Waals surface area contributed by atoms with Gasteiger partial charge in [-0.1, -0.05) is 0 Å². The number of carbonyl (C=O) groups is 3. The molecule has 1 saturated heterocycles. The number of benzene rings is 2. The molecule has 1 heterocycles. The van der Waals surface area contributed by atoms with Gasteiger partial charge in [-0.25, -0.2) is 0 Å². The molecule has 1 aliphatic rings. The topological polar surface area (TPSA) is 88.2 Å². The molecule has 2 aromatic carbocycles. The van der Waals surface area contributed by atoms with Crippen LogP contribution in [0.5, 0.6) is 11.5 Å². The Bertz CT molecular complexity index is 864. The lowest BCUT2D eigenvalue weighted by molar-refractivity contribution is -0.147. The summed E-state index contributed by atoms with van der Waals surface area (Å²) >= 11 is 0. The molecule has 8 nitrogen and oxygen atoms in total. The predicted octanol–water partition coefficient (Wildman–Crippen LogP) is 1.52. The van der Waals surface area contributed by atoms with Crippen molar-refractivity contribution in [3.63, 3.8) is 0 Å². The molecule has 0 unspecified atom stereocenters. The highest BCUT2D eigenvalue weighted by Crippen LogP contribution is 2.21. The van der Waals surface area contributed by atoms with Crippen LogP contribution in [0, 0.1) is 0 Å². The Kier molecular flexibility index (Phi) is 5.78. The van der Waals surface area contributed by atoms with Gasteiger partial charge in [-0.05, 0) is 48.5 Å². The van der Waals surface area contributed by atoms with Gasteiger partial charge in [-0.2, -0.15) is 0 Å². The third-order valence-corrected chi connectivity index (χ3v) is 4.40. The second-order valence-electron chi connectivity index (χ2n) is 6.16. The maximum atomic E-state index is 12.5. The Balaban J connectivity index is 1.59. The van der Waals surface area contributed by atoms with Crippen molar-refractivity contribution >= 4 is 29.1 Å². The molecular formula is C20H21N3O5. The molecular weight excluding hydrogens is 362 g/mol. The van der Waals surface area contributed by atoms with Gasteiger partial charge in [0, 0.05) is 24.5 Å². The second-order valence-corrected chi connectivity index (χ2v) is 6.16. The zero-order valence-corrected chi connectivity index (χ0v) is 15.7. The molecule has 8 heteroatoms. The molecule has 0 radical (unpaired) electrons. The summed E-state index contributed by atoms with van der Waals surface area (Å²) in [4.78, 5) is 39.8. The molecule has 146 valence electrons. The fourth-order valence-corrected chi connectivity index (χ4v) is 2.88. The Morgan fingerprint density at radius 1 is 0.893 bits per heavy atom. The smallest absolute Gasteiger partial charge is 0.316 e. The Morgan fingerprint density at radius 2 is 1.46 bits per heavy atom. The normalized spacial score (nSPS) is 14.1. The van der Waals surface area contributed by atoms with Crippen molar-refractivity contribution in [2.24, 2.45) is 0 Å². The fourth-order valence-electron chi connectivity index (χ4n) is 2.88. The summed E-state index contributed by atoms with van der Waals surface area (Å²) in [5, 5.41) is 2.70. The van der Waals surface area contributed by atoms with Crippen LogP contribution in [0.3, 0.4) is 0 Å². The highest BCUT2D eigenvalue weighted by atomic mass is 16.5. The lowest BCUT2D eigenvalue weighted by Crippen LogP contribution is -2.56. The Hall–Kier alpha value is -3.55. The van der Waals surface area contributed by atoms with Crippen LogP contribution in [0.15, 0.2) is 48.5 Å².